The van der Waals surface area contributed by atoms with Crippen LogP contribution < -0.4 is 4.74 Å². The second-order valence-corrected chi connectivity index (χ2v) is 6.61. The highest BCUT2D eigenvalue weighted by molar-refractivity contribution is 6.30. The van der Waals surface area contributed by atoms with E-state index in [-0.39, 0.29) is 0 Å². The average Bonchev–Trinajstić information content (AvgIpc) is 3.18. The van der Waals surface area contributed by atoms with E-state index in [1.807, 2.05) is 48.5 Å². The van der Waals surface area contributed by atoms with Gasteiger partial charge < -0.3 is 9.26 Å². The molecule has 134 valence electrons. The fourth-order valence-electron chi connectivity index (χ4n) is 2.71. The Morgan fingerprint density at radius 2 is 1.74 bits per heavy atom. The molecule has 0 unspecified atom stereocenters. The van der Waals surface area contributed by atoms with Crippen LogP contribution in [0.1, 0.15) is 11.1 Å². The molecule has 27 heavy (non-hydrogen) atoms. The summed E-state index contributed by atoms with van der Waals surface area (Å²) in [6.07, 6.45) is 0. The number of benzene rings is 3. The molecule has 3 aromatic carbocycles. The van der Waals surface area contributed by atoms with Crippen LogP contribution in [0.5, 0.6) is 5.75 Å². The van der Waals surface area contributed by atoms with Crippen LogP contribution in [-0.2, 0) is 6.61 Å². The van der Waals surface area contributed by atoms with E-state index in [1.54, 1.807) is 12.1 Å². The van der Waals surface area contributed by atoms with Crippen molar-refractivity contribution in [3.05, 3.63) is 88.9 Å². The highest BCUT2D eigenvalue weighted by atomic mass is 35.5. The van der Waals surface area contributed by atoms with E-state index in [1.165, 1.54) is 5.56 Å². The maximum atomic E-state index is 5.94. The van der Waals surface area contributed by atoms with Gasteiger partial charge in [-0.05, 0) is 54.4 Å². The molecule has 0 spiro atoms. The molecule has 0 atom stereocenters. The van der Waals surface area contributed by atoms with Crippen molar-refractivity contribution in [1.29, 1.82) is 0 Å². The molecule has 0 saturated heterocycles. The largest absolute Gasteiger partial charge is 0.489 e. The number of aryl methyl sites for hydroxylation is 1. The zero-order valence-corrected chi connectivity index (χ0v) is 15.5. The standard InChI is InChI=1S/C22H17ClN2O2/c1-15-5-2-3-6-18(15)14-26-20-8-4-7-17(13-20)21-24-22(27-25-21)16-9-11-19(23)12-10-16/h2-13H,14H2,1H3. The number of nitrogens with zero attached hydrogens (tertiary/aromatic N) is 2. The lowest BCUT2D eigenvalue weighted by atomic mass is 10.1. The zero-order chi connectivity index (χ0) is 18.6. The van der Waals surface area contributed by atoms with Crippen LogP contribution in [0.2, 0.25) is 5.02 Å². The van der Waals surface area contributed by atoms with Crippen LogP contribution in [0.3, 0.4) is 0 Å². The summed E-state index contributed by atoms with van der Waals surface area (Å²) in [5, 5.41) is 4.75. The van der Waals surface area contributed by atoms with Crippen molar-refractivity contribution < 1.29 is 9.26 Å². The van der Waals surface area contributed by atoms with Gasteiger partial charge in [-0.25, -0.2) is 0 Å². The zero-order valence-electron chi connectivity index (χ0n) is 14.7. The lowest BCUT2D eigenvalue weighted by Crippen LogP contribution is -1.97. The molecule has 4 nitrogen and oxygen atoms in total. The van der Waals surface area contributed by atoms with Gasteiger partial charge in [-0.1, -0.05) is 53.2 Å². The topological polar surface area (TPSA) is 48.2 Å². The van der Waals surface area contributed by atoms with Crippen molar-refractivity contribution in [2.24, 2.45) is 0 Å². The molecular formula is C22H17ClN2O2. The van der Waals surface area contributed by atoms with Gasteiger partial charge in [0.1, 0.15) is 12.4 Å². The van der Waals surface area contributed by atoms with Gasteiger partial charge in [-0.15, -0.1) is 0 Å². The summed E-state index contributed by atoms with van der Waals surface area (Å²) in [5.74, 6) is 1.72. The van der Waals surface area contributed by atoms with E-state index in [0.29, 0.717) is 23.3 Å². The third-order valence-corrected chi connectivity index (χ3v) is 4.52. The molecule has 0 amide bonds. The van der Waals surface area contributed by atoms with Crippen LogP contribution >= 0.6 is 11.6 Å². The summed E-state index contributed by atoms with van der Waals surface area (Å²) in [6.45, 7) is 2.59. The van der Waals surface area contributed by atoms with Gasteiger partial charge >= 0.3 is 0 Å². The van der Waals surface area contributed by atoms with E-state index in [9.17, 15) is 0 Å². The van der Waals surface area contributed by atoms with E-state index in [4.69, 9.17) is 20.9 Å². The maximum absolute atomic E-state index is 5.94. The first kappa shape index (κ1) is 17.3. The van der Waals surface area contributed by atoms with Crippen LogP contribution in [0.25, 0.3) is 22.8 Å². The van der Waals surface area contributed by atoms with Gasteiger partial charge in [-0.3, -0.25) is 0 Å². The Morgan fingerprint density at radius 1 is 0.926 bits per heavy atom. The van der Waals surface area contributed by atoms with Crippen LogP contribution in [-0.4, -0.2) is 10.1 Å². The number of hydrogen-bond donors (Lipinski definition) is 0. The predicted octanol–water partition coefficient (Wildman–Crippen LogP) is 5.94. The molecule has 0 aliphatic heterocycles. The molecule has 0 radical (unpaired) electrons. The molecule has 0 saturated carbocycles. The van der Waals surface area contributed by atoms with Crippen molar-refractivity contribution in [1.82, 2.24) is 10.1 Å². The first-order valence-electron chi connectivity index (χ1n) is 8.56. The van der Waals surface area contributed by atoms with Crippen molar-refractivity contribution in [3.63, 3.8) is 0 Å². The Hall–Kier alpha value is -3.11. The molecule has 1 aromatic heterocycles. The van der Waals surface area contributed by atoms with Crippen molar-refractivity contribution in [2.75, 3.05) is 0 Å². The second-order valence-electron chi connectivity index (χ2n) is 6.17. The fraction of sp³-hybridized carbons (Fsp3) is 0.0909. The van der Waals surface area contributed by atoms with Gasteiger partial charge in [-0.2, -0.15) is 4.98 Å². The molecule has 0 N–H and O–H groups in total. The molecule has 4 aromatic rings. The maximum Gasteiger partial charge on any atom is 0.258 e. The molecule has 0 aliphatic carbocycles. The summed E-state index contributed by atoms with van der Waals surface area (Å²) in [4.78, 5) is 4.48. The summed E-state index contributed by atoms with van der Waals surface area (Å²) in [7, 11) is 0. The number of aromatic nitrogens is 2. The number of halogens is 1. The van der Waals surface area contributed by atoms with Crippen LogP contribution in [0, 0.1) is 6.92 Å². The molecular weight excluding hydrogens is 360 g/mol. The quantitative estimate of drug-likeness (QED) is 0.432. The molecule has 0 bridgehead atoms. The van der Waals surface area contributed by atoms with Crippen molar-refractivity contribution in [2.45, 2.75) is 13.5 Å². The van der Waals surface area contributed by atoms with E-state index >= 15 is 0 Å². The number of rotatable bonds is 5. The number of ether oxygens (including phenoxy) is 1. The summed E-state index contributed by atoms with van der Waals surface area (Å²) in [5.41, 5.74) is 4.03. The number of hydrogen-bond acceptors (Lipinski definition) is 4. The molecule has 5 heteroatoms. The van der Waals surface area contributed by atoms with Crippen LogP contribution in [0.4, 0.5) is 0 Å². The first-order chi connectivity index (χ1) is 13.2. The Labute approximate surface area is 162 Å². The van der Waals surface area contributed by atoms with Gasteiger partial charge in [0.2, 0.25) is 5.82 Å². The van der Waals surface area contributed by atoms with Crippen LogP contribution in [0.15, 0.2) is 77.3 Å². The minimum atomic E-state index is 0.452. The Kier molecular flexibility index (Phi) is 4.90. The lowest BCUT2D eigenvalue weighted by molar-refractivity contribution is 0.305. The van der Waals surface area contributed by atoms with E-state index in [0.717, 1.165) is 22.4 Å². The minimum absolute atomic E-state index is 0.452. The first-order valence-corrected chi connectivity index (χ1v) is 8.94. The van der Waals surface area contributed by atoms with Gasteiger partial charge in [0.25, 0.3) is 5.89 Å². The predicted molar refractivity (Wildman–Crippen MR) is 106 cm³/mol. The fourth-order valence-corrected chi connectivity index (χ4v) is 2.83. The third kappa shape index (κ3) is 4.01. The molecule has 4 rings (SSSR count). The summed E-state index contributed by atoms with van der Waals surface area (Å²) < 4.78 is 11.3. The van der Waals surface area contributed by atoms with Crippen molar-refractivity contribution >= 4 is 11.6 Å². The Morgan fingerprint density at radius 3 is 2.56 bits per heavy atom. The minimum Gasteiger partial charge on any atom is -0.489 e. The van der Waals surface area contributed by atoms with Gasteiger partial charge in [0, 0.05) is 16.1 Å². The highest BCUT2D eigenvalue weighted by Gasteiger charge is 2.11. The Bertz CT molecular complexity index is 1060. The van der Waals surface area contributed by atoms with E-state index < -0.39 is 0 Å². The monoisotopic (exact) mass is 376 g/mol. The molecule has 0 aliphatic rings. The SMILES string of the molecule is Cc1ccccc1COc1cccc(-c2noc(-c3ccc(Cl)cc3)n2)c1. The second kappa shape index (κ2) is 7.64. The van der Waals surface area contributed by atoms with Gasteiger partial charge in [0.15, 0.2) is 0 Å². The average molecular weight is 377 g/mol. The normalized spacial score (nSPS) is 10.7. The lowest BCUT2D eigenvalue weighted by Gasteiger charge is -2.09. The third-order valence-electron chi connectivity index (χ3n) is 4.27. The molecule has 1 heterocycles. The molecule has 0 fully saturated rings. The Balaban J connectivity index is 1.52. The highest BCUT2D eigenvalue weighted by Crippen LogP contribution is 2.26. The van der Waals surface area contributed by atoms with E-state index in [2.05, 4.69) is 29.2 Å². The van der Waals surface area contributed by atoms with Crippen molar-refractivity contribution in [3.8, 4) is 28.6 Å². The summed E-state index contributed by atoms with van der Waals surface area (Å²) >= 11 is 5.92. The smallest absolute Gasteiger partial charge is 0.258 e. The van der Waals surface area contributed by atoms with Gasteiger partial charge in [0.05, 0.1) is 0 Å². The summed E-state index contributed by atoms with van der Waals surface area (Å²) in [6, 6.07) is 23.1.